The molecule has 0 radical (unpaired) electrons. The lowest BCUT2D eigenvalue weighted by Crippen LogP contribution is -2.13. The van der Waals surface area contributed by atoms with Crippen molar-refractivity contribution >= 4 is 66.6 Å². The zero-order valence-corrected chi connectivity index (χ0v) is 23.1. The van der Waals surface area contributed by atoms with E-state index in [1.165, 1.54) is 6.07 Å². The van der Waals surface area contributed by atoms with Crippen LogP contribution in [0.2, 0.25) is 0 Å². The quantitative estimate of drug-likeness (QED) is 0.191. The van der Waals surface area contributed by atoms with Gasteiger partial charge in [0.05, 0.1) is 17.1 Å². The maximum absolute atomic E-state index is 15.4. The van der Waals surface area contributed by atoms with Crippen LogP contribution in [0.3, 0.4) is 0 Å². The van der Waals surface area contributed by atoms with Crippen molar-refractivity contribution in [2.75, 3.05) is 9.80 Å². The van der Waals surface area contributed by atoms with E-state index in [0.29, 0.717) is 5.69 Å². The van der Waals surface area contributed by atoms with E-state index in [-0.39, 0.29) is 5.82 Å². The zero-order chi connectivity index (χ0) is 28.8. The van der Waals surface area contributed by atoms with E-state index in [9.17, 15) is 0 Å². The second-order valence-electron chi connectivity index (χ2n) is 10.5. The van der Waals surface area contributed by atoms with Crippen LogP contribution in [0.4, 0.5) is 38.6 Å². The predicted molar refractivity (Wildman–Crippen MR) is 175 cm³/mol. The Labute approximate surface area is 248 Å². The van der Waals surface area contributed by atoms with Crippen molar-refractivity contribution in [3.63, 3.8) is 0 Å². The van der Waals surface area contributed by atoms with Crippen LogP contribution in [0.1, 0.15) is 0 Å². The topological polar surface area (TPSA) is 32.3 Å². The summed E-state index contributed by atoms with van der Waals surface area (Å²) < 4.78 is 15.4. The number of halogens is 1. The third kappa shape index (κ3) is 4.13. The number of hydrogen-bond donors (Lipinski definition) is 0. The fourth-order valence-corrected chi connectivity index (χ4v) is 6.17. The molecule has 0 aliphatic rings. The molecule has 0 N–H and O–H groups in total. The Balaban J connectivity index is 1.42. The highest BCUT2D eigenvalue weighted by Crippen LogP contribution is 2.47. The summed E-state index contributed by atoms with van der Waals surface area (Å²) in [7, 11) is 0. The normalized spacial score (nSPS) is 11.4. The van der Waals surface area contributed by atoms with Crippen molar-refractivity contribution in [2.24, 2.45) is 0 Å². The number of benzene rings is 7. The summed E-state index contributed by atoms with van der Waals surface area (Å²) in [4.78, 5) is 13.0. The van der Waals surface area contributed by atoms with Gasteiger partial charge in [0.15, 0.2) is 0 Å². The van der Waals surface area contributed by atoms with Crippen LogP contribution in [0.25, 0.3) is 32.3 Å². The maximum Gasteiger partial charge on any atom is 0.147 e. The van der Waals surface area contributed by atoms with Gasteiger partial charge < -0.3 is 4.90 Å². The molecule has 43 heavy (non-hydrogen) atoms. The molecule has 7 aromatic carbocycles. The summed E-state index contributed by atoms with van der Waals surface area (Å²) in [5, 5.41) is 6.72. The number of rotatable bonds is 6. The first kappa shape index (κ1) is 24.9. The Morgan fingerprint density at radius 1 is 0.465 bits per heavy atom. The van der Waals surface area contributed by atoms with Gasteiger partial charge in [0, 0.05) is 28.3 Å². The van der Waals surface area contributed by atoms with E-state index in [0.717, 1.165) is 60.9 Å². The minimum Gasteiger partial charge on any atom is -0.307 e. The average molecular weight is 557 g/mol. The SMILES string of the molecule is Fc1ccccc1N(c1ccccc1)c1ccc2ccc3c(N(c4ccccc4)c4ccncn4)ccc4ccc1c2c43. The van der Waals surface area contributed by atoms with Gasteiger partial charge in [-0.25, -0.2) is 14.4 Å². The Kier molecular flexibility index (Phi) is 5.93. The molecule has 8 rings (SSSR count). The molecule has 5 heteroatoms. The Morgan fingerprint density at radius 2 is 1.00 bits per heavy atom. The lowest BCUT2D eigenvalue weighted by atomic mass is 9.92. The van der Waals surface area contributed by atoms with Crippen LogP contribution in [0.15, 0.2) is 152 Å². The van der Waals surface area contributed by atoms with E-state index >= 15 is 4.39 Å². The molecule has 1 aromatic heterocycles. The molecule has 1 heterocycles. The molecule has 0 saturated heterocycles. The van der Waals surface area contributed by atoms with Crippen molar-refractivity contribution in [1.82, 2.24) is 9.97 Å². The van der Waals surface area contributed by atoms with Crippen molar-refractivity contribution in [2.45, 2.75) is 0 Å². The van der Waals surface area contributed by atoms with Crippen molar-refractivity contribution in [1.29, 1.82) is 0 Å². The van der Waals surface area contributed by atoms with E-state index in [1.807, 2.05) is 71.6 Å². The average Bonchev–Trinajstić information content (AvgIpc) is 3.07. The first-order valence-corrected chi connectivity index (χ1v) is 14.2. The lowest BCUT2D eigenvalue weighted by Gasteiger charge is -2.29. The summed E-state index contributed by atoms with van der Waals surface area (Å²) in [6.45, 7) is 0. The summed E-state index contributed by atoms with van der Waals surface area (Å²) >= 11 is 0. The number of anilines is 6. The first-order valence-electron chi connectivity index (χ1n) is 14.2. The molecular weight excluding hydrogens is 531 g/mol. The number of hydrogen-bond acceptors (Lipinski definition) is 4. The largest absolute Gasteiger partial charge is 0.307 e. The van der Waals surface area contributed by atoms with Crippen LogP contribution >= 0.6 is 0 Å². The van der Waals surface area contributed by atoms with Crippen molar-refractivity contribution in [3.05, 3.63) is 158 Å². The molecule has 0 unspecified atom stereocenters. The summed E-state index contributed by atoms with van der Waals surface area (Å²) in [6.07, 6.45) is 3.34. The zero-order valence-electron chi connectivity index (χ0n) is 23.1. The van der Waals surface area contributed by atoms with Gasteiger partial charge in [0.1, 0.15) is 18.0 Å². The van der Waals surface area contributed by atoms with Crippen molar-refractivity contribution < 1.29 is 4.39 Å². The van der Waals surface area contributed by atoms with Gasteiger partial charge in [-0.05, 0) is 76.1 Å². The molecule has 0 saturated carbocycles. The fourth-order valence-electron chi connectivity index (χ4n) is 6.17. The van der Waals surface area contributed by atoms with Crippen molar-refractivity contribution in [3.8, 4) is 0 Å². The summed E-state index contributed by atoms with van der Waals surface area (Å²) in [5.41, 5.74) is 4.34. The molecule has 0 atom stereocenters. The van der Waals surface area contributed by atoms with E-state index in [4.69, 9.17) is 0 Å². The molecule has 0 spiro atoms. The van der Waals surface area contributed by atoms with Crippen LogP contribution in [0, 0.1) is 5.82 Å². The van der Waals surface area contributed by atoms with Gasteiger partial charge >= 0.3 is 0 Å². The van der Waals surface area contributed by atoms with Gasteiger partial charge in [-0.15, -0.1) is 0 Å². The molecule has 0 amide bonds. The molecule has 8 aromatic rings. The minimum atomic E-state index is -0.275. The van der Waals surface area contributed by atoms with Crippen LogP contribution < -0.4 is 9.80 Å². The van der Waals surface area contributed by atoms with Gasteiger partial charge in [-0.3, -0.25) is 4.90 Å². The monoisotopic (exact) mass is 556 g/mol. The first-order chi connectivity index (χ1) is 21.3. The molecular formula is C38H25FN4. The number of aromatic nitrogens is 2. The lowest BCUT2D eigenvalue weighted by molar-refractivity contribution is 0.629. The third-order valence-electron chi connectivity index (χ3n) is 8.02. The highest BCUT2D eigenvalue weighted by molar-refractivity contribution is 6.28. The van der Waals surface area contributed by atoms with Gasteiger partial charge in [-0.1, -0.05) is 84.9 Å². The smallest absolute Gasteiger partial charge is 0.147 e. The second kappa shape index (κ2) is 10.2. The molecule has 0 bridgehead atoms. The highest BCUT2D eigenvalue weighted by Gasteiger charge is 2.22. The number of nitrogens with zero attached hydrogens (tertiary/aromatic N) is 4. The van der Waals surface area contributed by atoms with E-state index < -0.39 is 0 Å². The van der Waals surface area contributed by atoms with Crippen LogP contribution in [-0.2, 0) is 0 Å². The van der Waals surface area contributed by atoms with Crippen LogP contribution in [-0.4, -0.2) is 9.97 Å². The molecule has 4 nitrogen and oxygen atoms in total. The maximum atomic E-state index is 15.4. The van der Waals surface area contributed by atoms with Gasteiger partial charge in [0.2, 0.25) is 0 Å². The summed E-state index contributed by atoms with van der Waals surface area (Å²) in [5.74, 6) is 0.509. The second-order valence-corrected chi connectivity index (χ2v) is 10.5. The fraction of sp³-hybridized carbons (Fsp3) is 0. The Morgan fingerprint density at radius 3 is 1.58 bits per heavy atom. The highest BCUT2D eigenvalue weighted by atomic mass is 19.1. The predicted octanol–water partition coefficient (Wildman–Crippen LogP) is 10.5. The van der Waals surface area contributed by atoms with Gasteiger partial charge in [0.25, 0.3) is 0 Å². The van der Waals surface area contributed by atoms with E-state index in [2.05, 4.69) is 75.5 Å². The minimum absolute atomic E-state index is 0.275. The number of para-hydroxylation sites is 3. The Hall–Kier alpha value is -5.81. The van der Waals surface area contributed by atoms with E-state index in [1.54, 1.807) is 18.6 Å². The third-order valence-corrected chi connectivity index (χ3v) is 8.02. The Bertz CT molecular complexity index is 2160. The van der Waals surface area contributed by atoms with Gasteiger partial charge in [-0.2, -0.15) is 0 Å². The molecule has 0 aliphatic carbocycles. The summed E-state index contributed by atoms with van der Waals surface area (Å²) in [6, 6.07) is 46.4. The standard InChI is InChI=1S/C38H25FN4/c39-32-13-7-8-14-35(32)42(28-9-3-1-4-10-28)33-21-17-26-16-20-31-34(22-18-27-15-19-30(33)37(26)38(27)31)43(29-11-5-2-6-12-29)36-23-24-40-25-41-36/h1-25H. The van der Waals surface area contributed by atoms with Crippen LogP contribution in [0.5, 0.6) is 0 Å². The molecule has 0 fully saturated rings. The molecule has 204 valence electrons. The molecule has 0 aliphatic heterocycles.